The van der Waals surface area contributed by atoms with Gasteiger partial charge in [0, 0.05) is 12.6 Å². The predicted molar refractivity (Wildman–Crippen MR) is 72.2 cm³/mol. The van der Waals surface area contributed by atoms with Crippen LogP contribution in [0.2, 0.25) is 0 Å². The molecule has 0 spiro atoms. The highest BCUT2D eigenvalue weighted by Crippen LogP contribution is 2.21. The molecule has 104 valence electrons. The van der Waals surface area contributed by atoms with Crippen molar-refractivity contribution in [3.05, 3.63) is 29.8 Å². The number of amides is 1. The number of nitrogens with zero attached hydrogens (tertiary/aromatic N) is 1. The Morgan fingerprint density at radius 2 is 1.95 bits per heavy atom. The lowest BCUT2D eigenvalue weighted by Crippen LogP contribution is -2.55. The lowest BCUT2D eigenvalue weighted by atomic mass is 10.2. The van der Waals surface area contributed by atoms with Crippen molar-refractivity contribution >= 4 is 15.9 Å². The molecule has 0 saturated carbocycles. The van der Waals surface area contributed by atoms with Gasteiger partial charge < -0.3 is 5.32 Å². The Morgan fingerprint density at radius 3 is 2.53 bits per heavy atom. The molecule has 0 aliphatic carbocycles. The molecule has 1 aliphatic heterocycles. The topological polar surface area (TPSA) is 66.5 Å². The summed E-state index contributed by atoms with van der Waals surface area (Å²) >= 11 is 0. The van der Waals surface area contributed by atoms with Crippen molar-refractivity contribution in [2.75, 3.05) is 13.1 Å². The fourth-order valence-electron chi connectivity index (χ4n) is 2.13. The summed E-state index contributed by atoms with van der Waals surface area (Å²) < 4.78 is 26.4. The number of benzene rings is 1. The predicted octanol–water partition coefficient (Wildman–Crippen LogP) is 0.894. The molecule has 1 aromatic rings. The van der Waals surface area contributed by atoms with Gasteiger partial charge in [0.15, 0.2) is 0 Å². The molecule has 0 aromatic heterocycles. The summed E-state index contributed by atoms with van der Waals surface area (Å²) in [6.07, 6.45) is 0.672. The zero-order chi connectivity index (χ0) is 14.0. The molecule has 1 N–H and O–H groups in total. The van der Waals surface area contributed by atoms with Crippen LogP contribution < -0.4 is 5.32 Å². The van der Waals surface area contributed by atoms with Crippen LogP contribution in [0.1, 0.15) is 18.9 Å². The molecule has 1 aliphatic rings. The van der Waals surface area contributed by atoms with E-state index in [1.54, 1.807) is 24.3 Å². The van der Waals surface area contributed by atoms with Crippen molar-refractivity contribution in [1.29, 1.82) is 0 Å². The molecule has 1 saturated heterocycles. The van der Waals surface area contributed by atoms with E-state index >= 15 is 0 Å². The lowest BCUT2D eigenvalue weighted by molar-refractivity contribution is -0.123. The van der Waals surface area contributed by atoms with Gasteiger partial charge in [0.05, 0.1) is 11.4 Å². The number of nitrogens with one attached hydrogen (secondary N) is 1. The van der Waals surface area contributed by atoms with Crippen LogP contribution in [0.3, 0.4) is 0 Å². The lowest BCUT2D eigenvalue weighted by Gasteiger charge is -2.33. The summed E-state index contributed by atoms with van der Waals surface area (Å²) in [7, 11) is -3.60. The van der Waals surface area contributed by atoms with Crippen LogP contribution in [-0.4, -0.2) is 37.8 Å². The Kier molecular flexibility index (Phi) is 3.91. The Bertz CT molecular complexity index is 566. The molecule has 6 heteroatoms. The molecular formula is C13H18N2O3S. The van der Waals surface area contributed by atoms with Crippen LogP contribution in [0.5, 0.6) is 0 Å². The van der Waals surface area contributed by atoms with E-state index in [4.69, 9.17) is 0 Å². The number of hydrogen-bond acceptors (Lipinski definition) is 3. The summed E-state index contributed by atoms with van der Waals surface area (Å²) in [6, 6.07) is 6.52. The average Bonchev–Trinajstić information content (AvgIpc) is 2.39. The third kappa shape index (κ3) is 2.79. The highest BCUT2D eigenvalue weighted by molar-refractivity contribution is 7.89. The maximum atomic E-state index is 12.6. The molecule has 1 aromatic carbocycles. The minimum absolute atomic E-state index is 0.102. The van der Waals surface area contributed by atoms with Crippen LogP contribution in [0.25, 0.3) is 0 Å². The van der Waals surface area contributed by atoms with Gasteiger partial charge in [0.2, 0.25) is 15.9 Å². The van der Waals surface area contributed by atoms with Crippen molar-refractivity contribution < 1.29 is 13.2 Å². The molecule has 19 heavy (non-hydrogen) atoms. The number of aryl methyl sites for hydroxylation is 1. The zero-order valence-corrected chi connectivity index (χ0v) is 11.9. The van der Waals surface area contributed by atoms with Crippen LogP contribution in [0.4, 0.5) is 0 Å². The number of rotatable bonds is 3. The Balaban J connectivity index is 2.36. The normalized spacial score (nSPS) is 21.2. The van der Waals surface area contributed by atoms with Crippen molar-refractivity contribution in [3.8, 4) is 0 Å². The SMILES string of the molecule is CCC1CNC(=O)CN1S(=O)(=O)c1ccc(C)cc1. The van der Waals surface area contributed by atoms with Crippen LogP contribution in [0, 0.1) is 6.92 Å². The molecule has 1 amide bonds. The quantitative estimate of drug-likeness (QED) is 0.895. The van der Waals surface area contributed by atoms with Gasteiger partial charge >= 0.3 is 0 Å². The second-order valence-electron chi connectivity index (χ2n) is 4.73. The van der Waals surface area contributed by atoms with E-state index in [-0.39, 0.29) is 23.4 Å². The van der Waals surface area contributed by atoms with E-state index < -0.39 is 10.0 Å². The highest BCUT2D eigenvalue weighted by atomic mass is 32.2. The van der Waals surface area contributed by atoms with E-state index in [9.17, 15) is 13.2 Å². The van der Waals surface area contributed by atoms with Gasteiger partial charge in [-0.3, -0.25) is 4.79 Å². The maximum absolute atomic E-state index is 12.6. The van der Waals surface area contributed by atoms with Gasteiger partial charge in [-0.2, -0.15) is 4.31 Å². The molecule has 1 unspecified atom stereocenters. The first-order valence-corrected chi connectivity index (χ1v) is 7.74. The van der Waals surface area contributed by atoms with Crippen LogP contribution in [0.15, 0.2) is 29.2 Å². The van der Waals surface area contributed by atoms with Crippen LogP contribution >= 0.6 is 0 Å². The van der Waals surface area contributed by atoms with E-state index in [1.165, 1.54) is 4.31 Å². The fourth-order valence-corrected chi connectivity index (χ4v) is 3.79. The van der Waals surface area contributed by atoms with E-state index in [0.717, 1.165) is 5.56 Å². The minimum Gasteiger partial charge on any atom is -0.353 e. The number of sulfonamides is 1. The Hall–Kier alpha value is -1.40. The minimum atomic E-state index is -3.60. The van der Waals surface area contributed by atoms with Gasteiger partial charge in [-0.25, -0.2) is 8.42 Å². The first-order chi connectivity index (χ1) is 8.95. The Morgan fingerprint density at radius 1 is 1.32 bits per heavy atom. The molecule has 1 heterocycles. The first kappa shape index (κ1) is 14.0. The maximum Gasteiger partial charge on any atom is 0.243 e. The second kappa shape index (κ2) is 5.30. The third-order valence-electron chi connectivity index (χ3n) is 3.34. The summed E-state index contributed by atoms with van der Waals surface area (Å²) in [5, 5.41) is 2.70. The van der Waals surface area contributed by atoms with Crippen LogP contribution in [-0.2, 0) is 14.8 Å². The number of hydrogen-bond donors (Lipinski definition) is 1. The molecule has 2 rings (SSSR count). The molecule has 0 radical (unpaired) electrons. The standard InChI is InChI=1S/C13H18N2O3S/c1-3-11-8-14-13(16)9-15(11)19(17,18)12-6-4-10(2)5-7-12/h4-7,11H,3,8-9H2,1-2H3,(H,14,16). The first-order valence-electron chi connectivity index (χ1n) is 6.30. The van der Waals surface area contributed by atoms with E-state index in [2.05, 4.69) is 5.32 Å². The van der Waals surface area contributed by atoms with Gasteiger partial charge in [0.1, 0.15) is 0 Å². The van der Waals surface area contributed by atoms with E-state index in [1.807, 2.05) is 13.8 Å². The number of carbonyl (C=O) groups excluding carboxylic acids is 1. The molecule has 5 nitrogen and oxygen atoms in total. The highest BCUT2D eigenvalue weighted by Gasteiger charge is 2.35. The zero-order valence-electron chi connectivity index (χ0n) is 11.1. The summed E-state index contributed by atoms with van der Waals surface area (Å²) in [5.41, 5.74) is 1.00. The summed E-state index contributed by atoms with van der Waals surface area (Å²) in [4.78, 5) is 11.7. The number of piperazine rings is 1. The monoisotopic (exact) mass is 282 g/mol. The molecular weight excluding hydrogens is 264 g/mol. The fraction of sp³-hybridized carbons (Fsp3) is 0.462. The van der Waals surface area contributed by atoms with Gasteiger partial charge in [-0.05, 0) is 25.5 Å². The van der Waals surface area contributed by atoms with Crippen molar-refractivity contribution in [2.45, 2.75) is 31.2 Å². The van der Waals surface area contributed by atoms with Gasteiger partial charge in [0.25, 0.3) is 0 Å². The number of carbonyl (C=O) groups is 1. The largest absolute Gasteiger partial charge is 0.353 e. The average molecular weight is 282 g/mol. The molecule has 1 atom stereocenters. The van der Waals surface area contributed by atoms with Crippen molar-refractivity contribution in [3.63, 3.8) is 0 Å². The molecule has 1 fully saturated rings. The Labute approximate surface area is 113 Å². The van der Waals surface area contributed by atoms with Gasteiger partial charge in [-0.1, -0.05) is 24.6 Å². The summed E-state index contributed by atoms with van der Waals surface area (Å²) in [5.74, 6) is -0.250. The summed E-state index contributed by atoms with van der Waals surface area (Å²) in [6.45, 7) is 4.09. The van der Waals surface area contributed by atoms with Crippen molar-refractivity contribution in [2.24, 2.45) is 0 Å². The smallest absolute Gasteiger partial charge is 0.243 e. The second-order valence-corrected chi connectivity index (χ2v) is 6.62. The van der Waals surface area contributed by atoms with Crippen molar-refractivity contribution in [1.82, 2.24) is 9.62 Å². The van der Waals surface area contributed by atoms with Gasteiger partial charge in [-0.15, -0.1) is 0 Å². The molecule has 0 bridgehead atoms. The van der Waals surface area contributed by atoms with E-state index in [0.29, 0.717) is 13.0 Å². The third-order valence-corrected chi connectivity index (χ3v) is 5.25.